The summed E-state index contributed by atoms with van der Waals surface area (Å²) in [5.41, 5.74) is 6.88. The third-order valence-electron chi connectivity index (χ3n) is 3.67. The Labute approximate surface area is 125 Å². The Bertz CT molecular complexity index is 610. The molecule has 6 nitrogen and oxygen atoms in total. The minimum Gasteiger partial charge on any atom is -0.384 e. The van der Waals surface area contributed by atoms with Crippen LogP contribution in [0.5, 0.6) is 0 Å². The van der Waals surface area contributed by atoms with Crippen molar-refractivity contribution in [1.82, 2.24) is 4.31 Å². The zero-order valence-corrected chi connectivity index (χ0v) is 12.9. The van der Waals surface area contributed by atoms with E-state index in [4.69, 9.17) is 15.9 Å². The van der Waals surface area contributed by atoms with Crippen molar-refractivity contribution in [1.29, 1.82) is 5.41 Å². The number of nitrogens with zero attached hydrogens (tertiary/aromatic N) is 1. The van der Waals surface area contributed by atoms with Crippen LogP contribution >= 0.6 is 0 Å². The van der Waals surface area contributed by atoms with E-state index < -0.39 is 10.0 Å². The lowest BCUT2D eigenvalue weighted by Gasteiger charge is -2.27. The number of hydrogen-bond donors (Lipinski definition) is 2. The molecule has 1 aliphatic rings. The number of nitrogens with one attached hydrogen (secondary N) is 1. The van der Waals surface area contributed by atoms with Gasteiger partial charge in [0.2, 0.25) is 10.0 Å². The molecular weight excluding hydrogens is 290 g/mol. The van der Waals surface area contributed by atoms with Gasteiger partial charge < -0.3 is 10.5 Å². The van der Waals surface area contributed by atoms with Crippen LogP contribution in [0.2, 0.25) is 0 Å². The molecule has 0 saturated carbocycles. The molecule has 1 fully saturated rings. The van der Waals surface area contributed by atoms with E-state index in [1.54, 1.807) is 25.2 Å². The summed E-state index contributed by atoms with van der Waals surface area (Å²) in [6.45, 7) is 1.27. The zero-order chi connectivity index (χ0) is 15.5. The summed E-state index contributed by atoms with van der Waals surface area (Å²) in [5, 5.41) is 7.06. The summed E-state index contributed by atoms with van der Waals surface area (Å²) < 4.78 is 31.6. The van der Waals surface area contributed by atoms with Crippen LogP contribution in [-0.4, -0.2) is 44.1 Å². The monoisotopic (exact) mass is 311 g/mol. The molecule has 1 aliphatic heterocycles. The standard InChI is InChI=1S/C14H21N3O3S/c1-17(21(18,19)13-5-7-20-8-6-13)10-11-3-2-4-12(9-11)14(15)16/h2-4,9,13H,5-8,10H2,1H3,(H3,15,16). The molecule has 0 unspecified atom stereocenters. The van der Waals surface area contributed by atoms with Crippen molar-refractivity contribution in [2.75, 3.05) is 20.3 Å². The van der Waals surface area contributed by atoms with Crippen molar-refractivity contribution in [2.24, 2.45) is 5.73 Å². The van der Waals surface area contributed by atoms with Crippen LogP contribution in [0.1, 0.15) is 24.0 Å². The molecule has 0 bridgehead atoms. The van der Waals surface area contributed by atoms with Gasteiger partial charge in [-0.1, -0.05) is 18.2 Å². The molecule has 0 spiro atoms. The van der Waals surface area contributed by atoms with Gasteiger partial charge in [0, 0.05) is 32.4 Å². The predicted molar refractivity (Wildman–Crippen MR) is 81.7 cm³/mol. The molecule has 3 N–H and O–H groups in total. The second kappa shape index (κ2) is 6.55. The van der Waals surface area contributed by atoms with Gasteiger partial charge in [0.25, 0.3) is 0 Å². The number of hydrogen-bond acceptors (Lipinski definition) is 4. The number of amidine groups is 1. The molecule has 1 aromatic carbocycles. The minimum atomic E-state index is -3.32. The lowest BCUT2D eigenvalue weighted by Crippen LogP contribution is -2.39. The van der Waals surface area contributed by atoms with Crippen LogP contribution in [0.3, 0.4) is 0 Å². The topological polar surface area (TPSA) is 96.5 Å². The number of benzene rings is 1. The number of rotatable bonds is 5. The van der Waals surface area contributed by atoms with Gasteiger partial charge in [-0.3, -0.25) is 5.41 Å². The second-order valence-corrected chi connectivity index (χ2v) is 7.55. The van der Waals surface area contributed by atoms with Crippen LogP contribution in [0.15, 0.2) is 24.3 Å². The van der Waals surface area contributed by atoms with Crippen molar-refractivity contribution in [3.05, 3.63) is 35.4 Å². The summed E-state index contributed by atoms with van der Waals surface area (Å²) >= 11 is 0. The molecule has 1 saturated heterocycles. The lowest BCUT2D eigenvalue weighted by atomic mass is 10.1. The summed E-state index contributed by atoms with van der Waals surface area (Å²) in [6.07, 6.45) is 1.08. The Morgan fingerprint density at radius 1 is 1.43 bits per heavy atom. The number of nitrogens with two attached hydrogens (primary N) is 1. The number of sulfonamides is 1. The Morgan fingerprint density at radius 3 is 2.71 bits per heavy atom. The van der Waals surface area contributed by atoms with E-state index in [0.717, 1.165) is 5.56 Å². The van der Waals surface area contributed by atoms with Crippen LogP contribution in [-0.2, 0) is 21.3 Å². The maximum absolute atomic E-state index is 12.5. The molecule has 2 rings (SSSR count). The fourth-order valence-corrected chi connectivity index (χ4v) is 4.04. The van der Waals surface area contributed by atoms with Gasteiger partial charge in [0.1, 0.15) is 5.84 Å². The van der Waals surface area contributed by atoms with E-state index in [9.17, 15) is 8.42 Å². The highest BCUT2D eigenvalue weighted by molar-refractivity contribution is 7.89. The van der Waals surface area contributed by atoms with Crippen molar-refractivity contribution in [3.63, 3.8) is 0 Å². The van der Waals surface area contributed by atoms with E-state index in [1.807, 2.05) is 6.07 Å². The molecule has 0 aliphatic carbocycles. The second-order valence-electron chi connectivity index (χ2n) is 5.23. The van der Waals surface area contributed by atoms with E-state index in [-0.39, 0.29) is 17.6 Å². The normalized spacial score (nSPS) is 17.0. The van der Waals surface area contributed by atoms with Crippen molar-refractivity contribution in [2.45, 2.75) is 24.6 Å². The summed E-state index contributed by atoms with van der Waals surface area (Å²) in [4.78, 5) is 0. The molecule has 1 aromatic rings. The highest BCUT2D eigenvalue weighted by Crippen LogP contribution is 2.20. The van der Waals surface area contributed by atoms with Gasteiger partial charge in [0.15, 0.2) is 0 Å². The maximum Gasteiger partial charge on any atom is 0.217 e. The van der Waals surface area contributed by atoms with E-state index >= 15 is 0 Å². The molecule has 0 amide bonds. The van der Waals surface area contributed by atoms with E-state index in [1.165, 1.54) is 4.31 Å². The van der Waals surface area contributed by atoms with Gasteiger partial charge in [-0.15, -0.1) is 0 Å². The van der Waals surface area contributed by atoms with E-state index in [0.29, 0.717) is 31.6 Å². The van der Waals surface area contributed by atoms with Crippen LogP contribution in [0.25, 0.3) is 0 Å². The first-order valence-corrected chi connectivity index (χ1v) is 8.38. The lowest BCUT2D eigenvalue weighted by molar-refractivity contribution is 0.0973. The highest BCUT2D eigenvalue weighted by atomic mass is 32.2. The molecule has 21 heavy (non-hydrogen) atoms. The SMILES string of the molecule is CN(Cc1cccc(C(=N)N)c1)S(=O)(=O)C1CCOCC1. The quantitative estimate of drug-likeness (QED) is 0.624. The Hall–Kier alpha value is -1.44. The third-order valence-corrected chi connectivity index (χ3v) is 5.98. The smallest absolute Gasteiger partial charge is 0.217 e. The van der Waals surface area contributed by atoms with Gasteiger partial charge in [0.05, 0.1) is 5.25 Å². The first-order chi connectivity index (χ1) is 9.91. The summed E-state index contributed by atoms with van der Waals surface area (Å²) in [6, 6.07) is 7.10. The van der Waals surface area contributed by atoms with Gasteiger partial charge in [-0.25, -0.2) is 12.7 Å². The fourth-order valence-electron chi connectivity index (χ4n) is 2.41. The van der Waals surface area contributed by atoms with Crippen LogP contribution in [0, 0.1) is 5.41 Å². The summed E-state index contributed by atoms with van der Waals surface area (Å²) in [7, 11) is -1.74. The first-order valence-electron chi connectivity index (χ1n) is 6.87. The van der Waals surface area contributed by atoms with Crippen LogP contribution in [0.4, 0.5) is 0 Å². The third kappa shape index (κ3) is 3.81. The number of nitrogen functional groups attached to an aromatic ring is 1. The minimum absolute atomic E-state index is 0.0215. The maximum atomic E-state index is 12.5. The predicted octanol–water partition coefficient (Wildman–Crippen LogP) is 0.911. The number of ether oxygens (including phenoxy) is 1. The van der Waals surface area contributed by atoms with Crippen molar-refractivity contribution in [3.8, 4) is 0 Å². The largest absolute Gasteiger partial charge is 0.384 e. The molecule has 0 radical (unpaired) electrons. The average molecular weight is 311 g/mol. The Balaban J connectivity index is 2.11. The fraction of sp³-hybridized carbons (Fsp3) is 0.500. The molecule has 7 heteroatoms. The molecule has 1 heterocycles. The molecule has 0 atom stereocenters. The Kier molecular flexibility index (Phi) is 4.97. The molecule has 116 valence electrons. The van der Waals surface area contributed by atoms with Gasteiger partial charge >= 0.3 is 0 Å². The van der Waals surface area contributed by atoms with Crippen molar-refractivity contribution < 1.29 is 13.2 Å². The average Bonchev–Trinajstić information content (AvgIpc) is 2.48. The molecule has 0 aromatic heterocycles. The van der Waals surface area contributed by atoms with Gasteiger partial charge in [-0.05, 0) is 24.5 Å². The Morgan fingerprint density at radius 2 is 2.10 bits per heavy atom. The first kappa shape index (κ1) is 15.9. The zero-order valence-electron chi connectivity index (χ0n) is 12.1. The van der Waals surface area contributed by atoms with Crippen LogP contribution < -0.4 is 5.73 Å². The highest BCUT2D eigenvalue weighted by Gasteiger charge is 2.31. The summed E-state index contributed by atoms with van der Waals surface area (Å²) in [5.74, 6) is -0.0215. The van der Waals surface area contributed by atoms with E-state index in [2.05, 4.69) is 0 Å². The van der Waals surface area contributed by atoms with Crippen molar-refractivity contribution >= 4 is 15.9 Å². The van der Waals surface area contributed by atoms with Gasteiger partial charge in [-0.2, -0.15) is 0 Å². The molecular formula is C14H21N3O3S.